The summed E-state index contributed by atoms with van der Waals surface area (Å²) < 4.78 is 12.6. The van der Waals surface area contributed by atoms with Gasteiger partial charge in [0.15, 0.2) is 11.3 Å². The van der Waals surface area contributed by atoms with Crippen molar-refractivity contribution in [2.45, 2.75) is 0 Å². The lowest BCUT2D eigenvalue weighted by atomic mass is 10.0. The fourth-order valence-electron chi connectivity index (χ4n) is 6.30. The molecule has 194 valence electrons. The normalized spacial score (nSPS) is 12.9. The topological polar surface area (TPSA) is 54.4 Å². The average molecular weight is 530 g/mol. The largest absolute Gasteiger partial charge is 0.454 e. The summed E-state index contributed by atoms with van der Waals surface area (Å²) in [5.74, 6) is 0.844. The molecule has 8 aromatic rings. The van der Waals surface area contributed by atoms with E-state index in [0.717, 1.165) is 68.1 Å². The number of furan rings is 2. The quantitative estimate of drug-likeness (QED) is 0.231. The summed E-state index contributed by atoms with van der Waals surface area (Å²) in [6.45, 7) is 0.754. The summed E-state index contributed by atoms with van der Waals surface area (Å²) in [7, 11) is 0. The summed E-state index contributed by atoms with van der Waals surface area (Å²) in [5.41, 5.74) is 7.32. The minimum atomic E-state index is 0.754. The van der Waals surface area contributed by atoms with Crippen LogP contribution in [-0.2, 0) is 0 Å². The molecule has 1 aliphatic heterocycles. The highest BCUT2D eigenvalue weighted by atomic mass is 16.3. The molecule has 0 amide bonds. The summed E-state index contributed by atoms with van der Waals surface area (Å²) in [6.07, 6.45) is 5.96. The number of hydrogen-bond donors (Lipinski definition) is 1. The molecule has 0 bridgehead atoms. The maximum Gasteiger partial charge on any atom is 0.153 e. The van der Waals surface area contributed by atoms with Crippen LogP contribution in [-0.4, -0.2) is 11.5 Å². The molecule has 5 nitrogen and oxygen atoms in total. The van der Waals surface area contributed by atoms with Crippen molar-refractivity contribution in [3.05, 3.63) is 121 Å². The second-order valence-corrected chi connectivity index (χ2v) is 10.4. The number of rotatable bonds is 3. The molecule has 3 aromatic heterocycles. The Morgan fingerprint density at radius 3 is 2.32 bits per heavy atom. The van der Waals surface area contributed by atoms with Crippen LogP contribution in [0, 0.1) is 0 Å². The minimum absolute atomic E-state index is 0.754. The van der Waals surface area contributed by atoms with Crippen LogP contribution in [0.1, 0.15) is 5.76 Å². The van der Waals surface area contributed by atoms with Gasteiger partial charge in [-0.25, -0.2) is 0 Å². The molecule has 0 saturated heterocycles. The van der Waals surface area contributed by atoms with E-state index in [-0.39, 0.29) is 0 Å². The summed E-state index contributed by atoms with van der Waals surface area (Å²) in [5, 5.41) is 10.4. The molecule has 0 atom stereocenters. The van der Waals surface area contributed by atoms with Crippen LogP contribution in [0.15, 0.2) is 124 Å². The predicted octanol–water partition coefficient (Wildman–Crippen LogP) is 9.94. The fraction of sp³-hybridized carbons (Fsp3) is 0.0278. The zero-order chi connectivity index (χ0) is 26.9. The molecule has 4 heterocycles. The van der Waals surface area contributed by atoms with E-state index in [9.17, 15) is 0 Å². The zero-order valence-electron chi connectivity index (χ0n) is 22.0. The van der Waals surface area contributed by atoms with E-state index in [0.29, 0.717) is 0 Å². The first-order valence-electron chi connectivity index (χ1n) is 13.8. The minimum Gasteiger partial charge on any atom is -0.454 e. The van der Waals surface area contributed by atoms with Gasteiger partial charge in [0.2, 0.25) is 0 Å². The van der Waals surface area contributed by atoms with E-state index in [4.69, 9.17) is 13.8 Å². The monoisotopic (exact) mass is 529 g/mol. The summed E-state index contributed by atoms with van der Waals surface area (Å²) >= 11 is 0. The lowest BCUT2D eigenvalue weighted by Crippen LogP contribution is -2.12. The van der Waals surface area contributed by atoms with E-state index in [1.807, 2.05) is 30.5 Å². The Morgan fingerprint density at radius 1 is 0.659 bits per heavy atom. The van der Waals surface area contributed by atoms with Crippen molar-refractivity contribution >= 4 is 83.4 Å². The highest BCUT2D eigenvalue weighted by molar-refractivity contribution is 6.16. The Kier molecular flexibility index (Phi) is 4.61. The van der Waals surface area contributed by atoms with Gasteiger partial charge in [0, 0.05) is 18.4 Å². The van der Waals surface area contributed by atoms with Crippen LogP contribution in [0.4, 0.5) is 22.7 Å². The smallest absolute Gasteiger partial charge is 0.153 e. The molecule has 0 radical (unpaired) electrons. The van der Waals surface area contributed by atoms with Crippen LogP contribution in [0.25, 0.3) is 60.7 Å². The van der Waals surface area contributed by atoms with Crippen molar-refractivity contribution in [1.29, 1.82) is 0 Å². The third-order valence-corrected chi connectivity index (χ3v) is 8.09. The molecule has 9 rings (SSSR count). The lowest BCUT2D eigenvalue weighted by Gasteiger charge is -2.27. The van der Waals surface area contributed by atoms with Crippen LogP contribution in [0.2, 0.25) is 0 Å². The second-order valence-electron chi connectivity index (χ2n) is 10.4. The van der Waals surface area contributed by atoms with Crippen LogP contribution < -0.4 is 10.2 Å². The predicted molar refractivity (Wildman–Crippen MR) is 169 cm³/mol. The number of nitrogens with zero attached hydrogens (tertiary/aromatic N) is 2. The van der Waals surface area contributed by atoms with E-state index in [1.54, 1.807) is 0 Å². The van der Waals surface area contributed by atoms with E-state index in [2.05, 4.69) is 101 Å². The number of anilines is 4. The number of pyridine rings is 1. The average Bonchev–Trinajstić information content (AvgIpc) is 3.60. The van der Waals surface area contributed by atoms with Gasteiger partial charge in [0.1, 0.15) is 16.7 Å². The first-order chi connectivity index (χ1) is 20.3. The van der Waals surface area contributed by atoms with Gasteiger partial charge < -0.3 is 19.1 Å². The number of fused-ring (bicyclic) bond motifs is 9. The van der Waals surface area contributed by atoms with Gasteiger partial charge in [-0.15, -0.1) is 0 Å². The number of hydrogen-bond acceptors (Lipinski definition) is 5. The molecule has 0 unspecified atom stereocenters. The molecule has 1 N–H and O–H groups in total. The fourth-order valence-corrected chi connectivity index (χ4v) is 6.30. The molecular formula is C36H23N3O2. The third-order valence-electron chi connectivity index (χ3n) is 8.09. The number of nitrogens with one attached hydrogen (secondary N) is 1. The first kappa shape index (κ1) is 22.3. The molecule has 0 saturated carbocycles. The summed E-state index contributed by atoms with van der Waals surface area (Å²) in [4.78, 5) is 7.08. The van der Waals surface area contributed by atoms with Gasteiger partial charge in [-0.2, -0.15) is 0 Å². The van der Waals surface area contributed by atoms with Gasteiger partial charge in [-0.05, 0) is 76.2 Å². The molecule has 0 aliphatic carbocycles. The Labute approximate surface area is 234 Å². The Balaban J connectivity index is 1.41. The van der Waals surface area contributed by atoms with Crippen molar-refractivity contribution in [2.24, 2.45) is 0 Å². The maximum atomic E-state index is 6.32. The zero-order valence-corrected chi connectivity index (χ0v) is 22.0. The number of aromatic nitrogens is 1. The van der Waals surface area contributed by atoms with Gasteiger partial charge in [-0.1, -0.05) is 60.7 Å². The van der Waals surface area contributed by atoms with Crippen molar-refractivity contribution in [3.63, 3.8) is 0 Å². The Morgan fingerprint density at radius 2 is 1.41 bits per heavy atom. The highest BCUT2D eigenvalue weighted by Gasteiger charge is 2.25. The van der Waals surface area contributed by atoms with Gasteiger partial charge in [-0.3, -0.25) is 4.98 Å². The Hall–Kier alpha value is -5.55. The SMILES string of the molecule is C1=Cc2oc3cccc(N(c4ccc5ccc6ccccc6c5c4)c4cccc5oc6cccnc6c45)c3c2NC1. The molecule has 5 heteroatoms. The summed E-state index contributed by atoms with van der Waals surface area (Å²) in [6, 6.07) is 36.0. The van der Waals surface area contributed by atoms with Crippen LogP contribution in [0.5, 0.6) is 0 Å². The maximum absolute atomic E-state index is 6.32. The first-order valence-corrected chi connectivity index (χ1v) is 13.8. The highest BCUT2D eigenvalue weighted by Crippen LogP contribution is 2.48. The molecule has 0 fully saturated rings. The van der Waals surface area contributed by atoms with Crippen molar-refractivity contribution < 1.29 is 8.83 Å². The molecule has 1 aliphatic rings. The van der Waals surface area contributed by atoms with E-state index >= 15 is 0 Å². The second kappa shape index (κ2) is 8.47. The van der Waals surface area contributed by atoms with Gasteiger partial charge in [0.05, 0.1) is 27.8 Å². The van der Waals surface area contributed by atoms with Crippen molar-refractivity contribution in [1.82, 2.24) is 4.98 Å². The van der Waals surface area contributed by atoms with Crippen LogP contribution >= 0.6 is 0 Å². The van der Waals surface area contributed by atoms with Gasteiger partial charge in [0.25, 0.3) is 0 Å². The van der Waals surface area contributed by atoms with Gasteiger partial charge >= 0.3 is 0 Å². The molecular weight excluding hydrogens is 506 g/mol. The van der Waals surface area contributed by atoms with Crippen molar-refractivity contribution in [3.8, 4) is 0 Å². The van der Waals surface area contributed by atoms with E-state index < -0.39 is 0 Å². The van der Waals surface area contributed by atoms with E-state index in [1.165, 1.54) is 21.5 Å². The third kappa shape index (κ3) is 3.26. The number of benzene rings is 5. The lowest BCUT2D eigenvalue weighted by molar-refractivity contribution is 0.604. The van der Waals surface area contributed by atoms with Crippen LogP contribution in [0.3, 0.4) is 0 Å². The molecule has 5 aromatic carbocycles. The molecule has 0 spiro atoms. The standard InChI is InChI=1S/C36H23N3O2/c1-2-8-25-22(7-1)15-16-23-17-18-24(21-26(23)25)39(27-9-3-11-29-33(27)35-31(40-29)13-5-19-37-35)28-10-4-12-30-34(28)36-32(41-30)14-6-20-38-36/h1-19,21,38H,20H2. The molecule has 41 heavy (non-hydrogen) atoms. The Bertz CT molecular complexity index is 2340. The van der Waals surface area contributed by atoms with Crippen molar-refractivity contribution in [2.75, 3.05) is 16.8 Å².